The highest BCUT2D eigenvalue weighted by atomic mass is 127. The summed E-state index contributed by atoms with van der Waals surface area (Å²) in [4.78, 5) is 13.1. The van der Waals surface area contributed by atoms with Crippen LogP contribution in [0.25, 0.3) is 0 Å². The van der Waals surface area contributed by atoms with Gasteiger partial charge in [-0.25, -0.2) is 0 Å². The number of hydrogen-bond acceptors (Lipinski definition) is 2. The Morgan fingerprint density at radius 2 is 2.45 bits per heavy atom. The van der Waals surface area contributed by atoms with E-state index in [2.05, 4.69) is 27.9 Å². The minimum Gasteiger partial charge on any atom is -0.340 e. The third-order valence-corrected chi connectivity index (χ3v) is 2.51. The summed E-state index contributed by atoms with van der Waals surface area (Å²) in [5, 5.41) is 3.05. The highest BCUT2D eigenvalue weighted by Gasteiger charge is 2.15. The number of nitrogens with one attached hydrogen (secondary N) is 1. The van der Waals surface area contributed by atoms with E-state index >= 15 is 0 Å². The van der Waals surface area contributed by atoms with Gasteiger partial charge in [0, 0.05) is 24.1 Å². The number of amides is 1. The van der Waals surface area contributed by atoms with Crippen molar-refractivity contribution in [3.63, 3.8) is 0 Å². The summed E-state index contributed by atoms with van der Waals surface area (Å²) in [6.45, 7) is 3.30. The predicted molar refractivity (Wildman–Crippen MR) is 53.0 cm³/mol. The van der Waals surface area contributed by atoms with Gasteiger partial charge < -0.3 is 10.2 Å². The predicted octanol–water partition coefficient (Wildman–Crippen LogP) is 0.243. The second-order valence-corrected chi connectivity index (χ2v) is 3.68. The normalized spacial score (nSPS) is 19.0. The number of rotatable bonds is 3. The molecule has 0 aromatic heterocycles. The molecule has 0 unspecified atom stereocenters. The molecular formula is C7H13IN2O. The maximum Gasteiger partial charge on any atom is 0.236 e. The number of nitrogens with zero attached hydrogens (tertiary/aromatic N) is 1. The third kappa shape index (κ3) is 2.94. The van der Waals surface area contributed by atoms with Gasteiger partial charge in [0.25, 0.3) is 0 Å². The molecule has 0 aromatic carbocycles. The zero-order valence-corrected chi connectivity index (χ0v) is 8.63. The van der Waals surface area contributed by atoms with E-state index in [0.29, 0.717) is 6.54 Å². The first-order valence-corrected chi connectivity index (χ1v) is 5.41. The molecule has 1 N–H and O–H groups in total. The van der Waals surface area contributed by atoms with Crippen LogP contribution in [-0.2, 0) is 4.79 Å². The van der Waals surface area contributed by atoms with Crippen molar-refractivity contribution in [2.45, 2.75) is 6.42 Å². The van der Waals surface area contributed by atoms with Gasteiger partial charge >= 0.3 is 0 Å². The molecule has 1 heterocycles. The highest BCUT2D eigenvalue weighted by molar-refractivity contribution is 14.1. The molecule has 3 nitrogen and oxygen atoms in total. The fourth-order valence-electron chi connectivity index (χ4n) is 1.13. The molecule has 64 valence electrons. The topological polar surface area (TPSA) is 32.3 Å². The quantitative estimate of drug-likeness (QED) is 0.587. The van der Waals surface area contributed by atoms with Gasteiger partial charge in [0.15, 0.2) is 0 Å². The third-order valence-electron chi connectivity index (χ3n) is 1.75. The van der Waals surface area contributed by atoms with Crippen LogP contribution in [0.5, 0.6) is 0 Å². The number of piperazine rings is 1. The summed E-state index contributed by atoms with van der Waals surface area (Å²) in [6, 6.07) is 0. The van der Waals surface area contributed by atoms with Gasteiger partial charge in [-0.05, 0) is 6.42 Å². The van der Waals surface area contributed by atoms with Crippen LogP contribution in [0.1, 0.15) is 6.42 Å². The van der Waals surface area contributed by atoms with Gasteiger partial charge in [0.1, 0.15) is 0 Å². The molecule has 0 atom stereocenters. The SMILES string of the molecule is O=C1CNCCN1CCCI. The van der Waals surface area contributed by atoms with Crippen LogP contribution in [0.2, 0.25) is 0 Å². The van der Waals surface area contributed by atoms with Gasteiger partial charge in [-0.3, -0.25) is 4.79 Å². The molecule has 4 heteroatoms. The standard InChI is InChI=1S/C7H13IN2O/c8-2-1-4-10-5-3-9-6-7(10)11/h9H,1-6H2. The summed E-state index contributed by atoms with van der Waals surface area (Å²) in [7, 11) is 0. The maximum absolute atomic E-state index is 11.2. The number of hydrogen-bond donors (Lipinski definition) is 1. The van der Waals surface area contributed by atoms with Crippen molar-refractivity contribution < 1.29 is 4.79 Å². The fraction of sp³-hybridized carbons (Fsp3) is 0.857. The largest absolute Gasteiger partial charge is 0.340 e. The van der Waals surface area contributed by atoms with Crippen LogP contribution in [-0.4, -0.2) is 41.4 Å². The molecule has 0 saturated carbocycles. The fourth-order valence-corrected chi connectivity index (χ4v) is 1.47. The van der Waals surface area contributed by atoms with Crippen LogP contribution in [0, 0.1) is 0 Å². The first-order valence-electron chi connectivity index (χ1n) is 3.89. The lowest BCUT2D eigenvalue weighted by Crippen LogP contribution is -2.48. The first kappa shape index (κ1) is 9.25. The molecule has 1 saturated heterocycles. The first-order chi connectivity index (χ1) is 5.34. The van der Waals surface area contributed by atoms with Crippen molar-refractivity contribution in [2.24, 2.45) is 0 Å². The lowest BCUT2D eigenvalue weighted by Gasteiger charge is -2.26. The summed E-state index contributed by atoms with van der Waals surface area (Å²) in [6.07, 6.45) is 1.12. The van der Waals surface area contributed by atoms with Gasteiger partial charge in [0.05, 0.1) is 6.54 Å². The number of carbonyl (C=O) groups excluding carboxylic acids is 1. The van der Waals surface area contributed by atoms with E-state index in [0.717, 1.165) is 30.5 Å². The molecule has 1 aliphatic heterocycles. The van der Waals surface area contributed by atoms with Gasteiger partial charge in [-0.2, -0.15) is 0 Å². The van der Waals surface area contributed by atoms with E-state index in [-0.39, 0.29) is 5.91 Å². The molecule has 11 heavy (non-hydrogen) atoms. The van der Waals surface area contributed by atoms with Crippen molar-refractivity contribution in [3.8, 4) is 0 Å². The van der Waals surface area contributed by atoms with E-state index in [1.165, 1.54) is 0 Å². The minimum absolute atomic E-state index is 0.251. The Hall–Kier alpha value is 0.160. The van der Waals surface area contributed by atoms with Gasteiger partial charge in [-0.1, -0.05) is 22.6 Å². The van der Waals surface area contributed by atoms with Crippen LogP contribution in [0.4, 0.5) is 0 Å². The van der Waals surface area contributed by atoms with Crippen LogP contribution < -0.4 is 5.32 Å². The second-order valence-electron chi connectivity index (χ2n) is 2.60. The molecule has 1 amide bonds. The molecule has 0 bridgehead atoms. The van der Waals surface area contributed by atoms with E-state index < -0.39 is 0 Å². The number of halogens is 1. The second kappa shape index (κ2) is 4.92. The van der Waals surface area contributed by atoms with E-state index in [1.54, 1.807) is 0 Å². The molecule has 0 radical (unpaired) electrons. The Morgan fingerprint density at radius 1 is 1.64 bits per heavy atom. The summed E-state index contributed by atoms with van der Waals surface area (Å²) in [5.74, 6) is 0.251. The molecule has 1 rings (SSSR count). The van der Waals surface area contributed by atoms with E-state index in [4.69, 9.17) is 0 Å². The van der Waals surface area contributed by atoms with Crippen molar-refractivity contribution in [1.82, 2.24) is 10.2 Å². The number of alkyl halides is 1. The lowest BCUT2D eigenvalue weighted by molar-refractivity contribution is -0.131. The molecule has 1 fully saturated rings. The Morgan fingerprint density at radius 3 is 3.09 bits per heavy atom. The van der Waals surface area contributed by atoms with Gasteiger partial charge in [0.2, 0.25) is 5.91 Å². The van der Waals surface area contributed by atoms with Crippen LogP contribution >= 0.6 is 22.6 Å². The summed E-state index contributed by atoms with van der Waals surface area (Å²) < 4.78 is 1.13. The molecule has 0 spiro atoms. The Balaban J connectivity index is 2.24. The van der Waals surface area contributed by atoms with E-state index in [9.17, 15) is 4.79 Å². The van der Waals surface area contributed by atoms with E-state index in [1.807, 2.05) is 4.90 Å². The average Bonchev–Trinajstić information content (AvgIpc) is 2.03. The summed E-state index contributed by atoms with van der Waals surface area (Å²) in [5.41, 5.74) is 0. The molecule has 1 aliphatic rings. The maximum atomic E-state index is 11.2. The van der Waals surface area contributed by atoms with Crippen LogP contribution in [0.3, 0.4) is 0 Å². The van der Waals surface area contributed by atoms with Crippen molar-refractivity contribution >= 4 is 28.5 Å². The van der Waals surface area contributed by atoms with Crippen molar-refractivity contribution in [2.75, 3.05) is 30.6 Å². The summed E-state index contributed by atoms with van der Waals surface area (Å²) >= 11 is 2.34. The molecule has 0 aromatic rings. The van der Waals surface area contributed by atoms with Crippen molar-refractivity contribution in [1.29, 1.82) is 0 Å². The lowest BCUT2D eigenvalue weighted by atomic mass is 10.3. The Bertz CT molecular complexity index is 140. The number of carbonyl (C=O) groups is 1. The average molecular weight is 268 g/mol. The monoisotopic (exact) mass is 268 g/mol. The Labute approximate surface area is 80.7 Å². The molecular weight excluding hydrogens is 255 g/mol. The highest BCUT2D eigenvalue weighted by Crippen LogP contribution is 1.97. The molecule has 0 aliphatic carbocycles. The zero-order chi connectivity index (χ0) is 8.10. The zero-order valence-electron chi connectivity index (χ0n) is 6.48. The minimum atomic E-state index is 0.251. The van der Waals surface area contributed by atoms with Crippen LogP contribution in [0.15, 0.2) is 0 Å². The Kier molecular flexibility index (Phi) is 4.14. The van der Waals surface area contributed by atoms with Crippen molar-refractivity contribution in [3.05, 3.63) is 0 Å². The smallest absolute Gasteiger partial charge is 0.236 e. The van der Waals surface area contributed by atoms with Gasteiger partial charge in [-0.15, -0.1) is 0 Å².